The number of amides is 5. The van der Waals surface area contributed by atoms with Gasteiger partial charge >= 0.3 is 6.03 Å². The lowest BCUT2D eigenvalue weighted by Crippen LogP contribution is -2.57. The van der Waals surface area contributed by atoms with Crippen molar-refractivity contribution >= 4 is 52.2 Å². The Hall–Kier alpha value is -5.44. The smallest absolute Gasteiger partial charge is 0.318 e. The first-order valence-electron chi connectivity index (χ1n) is 13.8. The van der Waals surface area contributed by atoms with Crippen LogP contribution in [-0.2, 0) is 14.4 Å². The third-order valence-electron chi connectivity index (χ3n) is 6.82. The highest BCUT2D eigenvalue weighted by molar-refractivity contribution is 6.25. The zero-order chi connectivity index (χ0) is 29.5. The molecule has 9 nitrogen and oxygen atoms in total. The van der Waals surface area contributed by atoms with Gasteiger partial charge in [0.2, 0.25) is 5.91 Å². The molecular weight excluding hydrogens is 530 g/mol. The lowest BCUT2D eigenvalue weighted by atomic mass is 10.2. The number of urea groups is 1. The van der Waals surface area contributed by atoms with Crippen molar-refractivity contribution in [3.05, 3.63) is 115 Å². The van der Waals surface area contributed by atoms with Gasteiger partial charge < -0.3 is 15.5 Å². The van der Waals surface area contributed by atoms with Crippen molar-refractivity contribution in [3.63, 3.8) is 0 Å². The summed E-state index contributed by atoms with van der Waals surface area (Å²) in [6.45, 7) is 2.08. The van der Waals surface area contributed by atoms with E-state index in [-0.39, 0.29) is 12.5 Å². The fourth-order valence-corrected chi connectivity index (χ4v) is 4.91. The molecule has 0 bridgehead atoms. The van der Waals surface area contributed by atoms with E-state index in [0.717, 1.165) is 0 Å². The van der Waals surface area contributed by atoms with Crippen LogP contribution in [0, 0.1) is 0 Å². The van der Waals surface area contributed by atoms with Crippen LogP contribution in [0.25, 0.3) is 0 Å². The molecule has 2 N–H and O–H groups in total. The molecule has 212 valence electrons. The van der Waals surface area contributed by atoms with Gasteiger partial charge in [0.15, 0.2) is 6.04 Å². The minimum Gasteiger partial charge on any atom is -0.318 e. The van der Waals surface area contributed by atoms with Gasteiger partial charge in [-0.25, -0.2) is 4.79 Å². The first-order valence-corrected chi connectivity index (χ1v) is 13.8. The van der Waals surface area contributed by atoms with Crippen molar-refractivity contribution in [1.82, 2.24) is 5.32 Å². The summed E-state index contributed by atoms with van der Waals surface area (Å²) >= 11 is 0. The van der Waals surface area contributed by atoms with Crippen LogP contribution in [0.15, 0.2) is 115 Å². The van der Waals surface area contributed by atoms with E-state index in [1.165, 1.54) is 9.80 Å². The molecule has 1 aliphatic heterocycles. The number of para-hydroxylation sites is 5. The Morgan fingerprint density at radius 3 is 1.95 bits per heavy atom. The Labute approximate surface area is 244 Å². The standard InChI is InChI=1S/C33H31N5O4/c1-2-22-36(25-16-8-4-9-17-25)29(39)23-37-27-20-12-13-21-28(27)38(26-18-10-5-11-19-26)32(41)30(31(37)40)35-33(42)34-24-14-6-3-7-15-24/h3-21,30H,2,22-23H2,1H3,(H2,34,35,42). The fourth-order valence-electron chi connectivity index (χ4n) is 4.91. The summed E-state index contributed by atoms with van der Waals surface area (Å²) in [6.07, 6.45) is 0.704. The average molecular weight is 562 g/mol. The minimum atomic E-state index is -1.61. The molecule has 1 aliphatic rings. The molecule has 4 aromatic carbocycles. The average Bonchev–Trinajstić information content (AvgIpc) is 3.10. The number of benzene rings is 4. The molecule has 5 rings (SSSR count). The topological polar surface area (TPSA) is 102 Å². The Balaban J connectivity index is 1.55. The monoisotopic (exact) mass is 561 g/mol. The first-order chi connectivity index (χ1) is 20.5. The summed E-state index contributed by atoms with van der Waals surface area (Å²) in [6, 6.07) is 31.4. The van der Waals surface area contributed by atoms with Crippen molar-refractivity contribution in [2.45, 2.75) is 19.4 Å². The summed E-state index contributed by atoms with van der Waals surface area (Å²) in [5, 5.41) is 5.25. The largest absolute Gasteiger partial charge is 0.320 e. The number of hydrogen-bond donors (Lipinski definition) is 2. The summed E-state index contributed by atoms with van der Waals surface area (Å²) in [7, 11) is 0. The van der Waals surface area contributed by atoms with Gasteiger partial charge in [-0.2, -0.15) is 0 Å². The van der Waals surface area contributed by atoms with E-state index in [2.05, 4.69) is 10.6 Å². The summed E-state index contributed by atoms with van der Waals surface area (Å²) < 4.78 is 0. The van der Waals surface area contributed by atoms with E-state index < -0.39 is 23.9 Å². The zero-order valence-corrected chi connectivity index (χ0v) is 23.1. The van der Waals surface area contributed by atoms with Crippen LogP contribution in [0.3, 0.4) is 0 Å². The lowest BCUT2D eigenvalue weighted by Gasteiger charge is -2.28. The molecule has 4 aromatic rings. The van der Waals surface area contributed by atoms with Gasteiger partial charge in [0.25, 0.3) is 11.8 Å². The summed E-state index contributed by atoms with van der Waals surface area (Å²) in [4.78, 5) is 59.5. The molecular formula is C33H31N5O4. The quantitative estimate of drug-likeness (QED) is 0.284. The predicted molar refractivity (Wildman–Crippen MR) is 164 cm³/mol. The van der Waals surface area contributed by atoms with Gasteiger partial charge in [-0.15, -0.1) is 0 Å². The highest BCUT2D eigenvalue weighted by Crippen LogP contribution is 2.38. The van der Waals surface area contributed by atoms with E-state index in [1.54, 1.807) is 77.7 Å². The fraction of sp³-hybridized carbons (Fsp3) is 0.152. The maximum absolute atomic E-state index is 14.2. The number of nitrogens with zero attached hydrogens (tertiary/aromatic N) is 3. The molecule has 1 unspecified atom stereocenters. The van der Waals surface area contributed by atoms with Gasteiger partial charge in [-0.05, 0) is 55.0 Å². The van der Waals surface area contributed by atoms with Gasteiger partial charge in [0, 0.05) is 23.6 Å². The van der Waals surface area contributed by atoms with Crippen molar-refractivity contribution < 1.29 is 19.2 Å². The number of hydrogen-bond acceptors (Lipinski definition) is 4. The molecule has 5 amide bonds. The van der Waals surface area contributed by atoms with Crippen LogP contribution < -0.4 is 25.3 Å². The van der Waals surface area contributed by atoms with Gasteiger partial charge in [0.1, 0.15) is 6.54 Å². The molecule has 0 aliphatic carbocycles. The lowest BCUT2D eigenvalue weighted by molar-refractivity contribution is -0.129. The van der Waals surface area contributed by atoms with Crippen LogP contribution in [0.4, 0.5) is 33.2 Å². The molecule has 0 fully saturated rings. The SMILES string of the molecule is CCCN(C(=O)CN1C(=O)C(NC(=O)Nc2ccccc2)C(=O)N(c2ccccc2)c2ccccc21)c1ccccc1. The highest BCUT2D eigenvalue weighted by atomic mass is 16.2. The molecule has 42 heavy (non-hydrogen) atoms. The van der Waals surface area contributed by atoms with E-state index in [4.69, 9.17) is 0 Å². The van der Waals surface area contributed by atoms with Gasteiger partial charge in [0.05, 0.1) is 11.4 Å². The van der Waals surface area contributed by atoms with E-state index in [0.29, 0.717) is 41.4 Å². The second kappa shape index (κ2) is 12.8. The number of carbonyl (C=O) groups is 4. The summed E-state index contributed by atoms with van der Waals surface area (Å²) in [5.74, 6) is -1.68. The molecule has 0 saturated carbocycles. The second-order valence-electron chi connectivity index (χ2n) is 9.70. The van der Waals surface area contributed by atoms with Crippen molar-refractivity contribution in [2.24, 2.45) is 0 Å². The molecule has 0 spiro atoms. The van der Waals surface area contributed by atoms with Gasteiger partial charge in [-0.3, -0.25) is 24.2 Å². The maximum atomic E-state index is 14.2. The zero-order valence-electron chi connectivity index (χ0n) is 23.1. The number of anilines is 5. The van der Waals surface area contributed by atoms with Crippen LogP contribution in [-0.4, -0.2) is 42.9 Å². The van der Waals surface area contributed by atoms with E-state index in [9.17, 15) is 19.2 Å². The normalized spacial score (nSPS) is 14.5. The summed E-state index contributed by atoms with van der Waals surface area (Å²) in [5.41, 5.74) is 2.52. The molecule has 0 saturated heterocycles. The predicted octanol–water partition coefficient (Wildman–Crippen LogP) is 5.33. The Morgan fingerprint density at radius 2 is 1.31 bits per heavy atom. The number of rotatable bonds is 8. The van der Waals surface area contributed by atoms with Gasteiger partial charge in [-0.1, -0.05) is 73.7 Å². The van der Waals surface area contributed by atoms with Crippen LogP contribution in [0.5, 0.6) is 0 Å². The highest BCUT2D eigenvalue weighted by Gasteiger charge is 2.42. The minimum absolute atomic E-state index is 0.320. The third kappa shape index (κ3) is 6.00. The molecule has 9 heteroatoms. The van der Waals surface area contributed by atoms with Crippen LogP contribution in [0.1, 0.15) is 13.3 Å². The molecule has 0 radical (unpaired) electrons. The molecule has 1 atom stereocenters. The maximum Gasteiger partial charge on any atom is 0.320 e. The number of nitrogens with one attached hydrogen (secondary N) is 2. The van der Waals surface area contributed by atoms with Crippen LogP contribution in [0.2, 0.25) is 0 Å². The second-order valence-corrected chi connectivity index (χ2v) is 9.70. The van der Waals surface area contributed by atoms with Crippen molar-refractivity contribution in [3.8, 4) is 0 Å². The van der Waals surface area contributed by atoms with E-state index >= 15 is 0 Å². The van der Waals surface area contributed by atoms with Crippen LogP contribution >= 0.6 is 0 Å². The molecule has 0 aromatic heterocycles. The third-order valence-corrected chi connectivity index (χ3v) is 6.82. The van der Waals surface area contributed by atoms with E-state index in [1.807, 2.05) is 49.4 Å². The Morgan fingerprint density at radius 1 is 0.738 bits per heavy atom. The Bertz CT molecular complexity index is 1560. The number of carbonyl (C=O) groups excluding carboxylic acids is 4. The number of fused-ring (bicyclic) bond motifs is 1. The van der Waals surface area contributed by atoms with Crippen molar-refractivity contribution in [1.29, 1.82) is 0 Å². The molecule has 1 heterocycles. The van der Waals surface area contributed by atoms with Crippen molar-refractivity contribution in [2.75, 3.05) is 33.1 Å². The Kier molecular flexibility index (Phi) is 8.58. The first kappa shape index (κ1) is 28.1.